The van der Waals surface area contributed by atoms with Crippen LogP contribution in [0.4, 0.5) is 0 Å². The summed E-state index contributed by atoms with van der Waals surface area (Å²) in [7, 11) is 1.90. The van der Waals surface area contributed by atoms with E-state index in [0.717, 1.165) is 19.3 Å². The van der Waals surface area contributed by atoms with E-state index in [0.29, 0.717) is 5.91 Å². The van der Waals surface area contributed by atoms with Crippen molar-refractivity contribution >= 4 is 5.91 Å². The average molecular weight is 141 g/mol. The molecule has 0 aliphatic carbocycles. The first kappa shape index (κ1) is 7.58. The highest BCUT2D eigenvalue weighted by Crippen LogP contribution is 2.30. The number of carbonyl (C=O) groups is 1. The summed E-state index contributed by atoms with van der Waals surface area (Å²) in [6.07, 6.45) is 2.83. The molecule has 1 heterocycles. The van der Waals surface area contributed by atoms with Gasteiger partial charge in [0.05, 0.1) is 0 Å². The van der Waals surface area contributed by atoms with Crippen LogP contribution in [0.15, 0.2) is 0 Å². The van der Waals surface area contributed by atoms with Crippen LogP contribution < -0.4 is 0 Å². The molecule has 0 bridgehead atoms. The second kappa shape index (κ2) is 2.26. The monoisotopic (exact) mass is 141 g/mol. The molecule has 58 valence electrons. The fraction of sp³-hybridized carbons (Fsp3) is 0.875. The molecular formula is C8H15NO. The van der Waals surface area contributed by atoms with E-state index < -0.39 is 0 Å². The van der Waals surface area contributed by atoms with Gasteiger partial charge in [-0.15, -0.1) is 0 Å². The van der Waals surface area contributed by atoms with Crippen molar-refractivity contribution in [2.45, 2.75) is 38.6 Å². The Morgan fingerprint density at radius 1 is 1.70 bits per heavy atom. The molecule has 1 atom stereocenters. The molecule has 0 N–H and O–H groups in total. The molecule has 1 saturated heterocycles. The summed E-state index contributed by atoms with van der Waals surface area (Å²) in [6.45, 7) is 4.28. The van der Waals surface area contributed by atoms with Gasteiger partial charge in [-0.2, -0.15) is 0 Å². The van der Waals surface area contributed by atoms with Crippen molar-refractivity contribution in [1.82, 2.24) is 4.90 Å². The Hall–Kier alpha value is -0.530. The standard InChI is InChI=1S/C8H15NO/c1-4-8(2)6-5-7(10)9(8)3/h4-6H2,1-3H3. The molecule has 1 aliphatic heterocycles. The topological polar surface area (TPSA) is 20.3 Å². The van der Waals surface area contributed by atoms with Crippen molar-refractivity contribution < 1.29 is 4.79 Å². The average Bonchev–Trinajstić information content (AvgIpc) is 2.19. The third kappa shape index (κ3) is 0.917. The molecule has 2 nitrogen and oxygen atoms in total. The minimum Gasteiger partial charge on any atom is -0.340 e. The molecule has 1 unspecified atom stereocenters. The summed E-state index contributed by atoms with van der Waals surface area (Å²) in [5, 5.41) is 0. The van der Waals surface area contributed by atoms with Gasteiger partial charge in [0.25, 0.3) is 0 Å². The van der Waals surface area contributed by atoms with Crippen LogP contribution in [-0.2, 0) is 4.79 Å². The first-order valence-electron chi connectivity index (χ1n) is 3.87. The number of nitrogens with zero attached hydrogens (tertiary/aromatic N) is 1. The highest BCUT2D eigenvalue weighted by atomic mass is 16.2. The highest BCUT2D eigenvalue weighted by Gasteiger charge is 2.36. The highest BCUT2D eigenvalue weighted by molar-refractivity contribution is 5.79. The predicted molar refractivity (Wildman–Crippen MR) is 40.7 cm³/mol. The van der Waals surface area contributed by atoms with Crippen LogP contribution in [0.2, 0.25) is 0 Å². The largest absolute Gasteiger partial charge is 0.340 e. The third-order valence-electron chi connectivity index (χ3n) is 2.82. The Morgan fingerprint density at radius 2 is 2.30 bits per heavy atom. The lowest BCUT2D eigenvalue weighted by molar-refractivity contribution is -0.129. The van der Waals surface area contributed by atoms with Crippen LogP contribution >= 0.6 is 0 Å². The summed E-state index contributed by atoms with van der Waals surface area (Å²) in [5.74, 6) is 0.296. The number of rotatable bonds is 1. The molecular weight excluding hydrogens is 126 g/mol. The minimum atomic E-state index is 0.150. The summed E-state index contributed by atoms with van der Waals surface area (Å²) in [6, 6.07) is 0. The van der Waals surface area contributed by atoms with Crippen LogP contribution in [0, 0.1) is 0 Å². The quantitative estimate of drug-likeness (QED) is 0.540. The van der Waals surface area contributed by atoms with E-state index >= 15 is 0 Å². The van der Waals surface area contributed by atoms with Crippen molar-refractivity contribution in [3.05, 3.63) is 0 Å². The van der Waals surface area contributed by atoms with Crippen LogP contribution in [0.5, 0.6) is 0 Å². The molecule has 0 saturated carbocycles. The summed E-state index contributed by atoms with van der Waals surface area (Å²) < 4.78 is 0. The molecule has 10 heavy (non-hydrogen) atoms. The van der Waals surface area contributed by atoms with Gasteiger partial charge in [-0.05, 0) is 19.8 Å². The predicted octanol–water partition coefficient (Wildman–Crippen LogP) is 1.41. The van der Waals surface area contributed by atoms with Gasteiger partial charge in [0.1, 0.15) is 0 Å². The molecule has 0 aromatic rings. The van der Waals surface area contributed by atoms with Crippen molar-refractivity contribution in [2.24, 2.45) is 0 Å². The first-order valence-corrected chi connectivity index (χ1v) is 3.87. The summed E-state index contributed by atoms with van der Waals surface area (Å²) >= 11 is 0. The zero-order valence-electron chi connectivity index (χ0n) is 6.98. The zero-order valence-corrected chi connectivity index (χ0v) is 6.98. The normalized spacial score (nSPS) is 33.5. The number of amides is 1. The van der Waals surface area contributed by atoms with E-state index in [-0.39, 0.29) is 5.54 Å². The molecule has 0 aromatic heterocycles. The van der Waals surface area contributed by atoms with Crippen molar-refractivity contribution in [1.29, 1.82) is 0 Å². The van der Waals surface area contributed by atoms with E-state index in [9.17, 15) is 4.79 Å². The molecule has 2 heteroatoms. The smallest absolute Gasteiger partial charge is 0.222 e. The van der Waals surface area contributed by atoms with Crippen molar-refractivity contribution in [3.8, 4) is 0 Å². The second-order valence-corrected chi connectivity index (χ2v) is 3.30. The summed E-state index contributed by atoms with van der Waals surface area (Å²) in [5.41, 5.74) is 0.150. The van der Waals surface area contributed by atoms with Crippen LogP contribution in [-0.4, -0.2) is 23.4 Å². The van der Waals surface area contributed by atoms with Gasteiger partial charge < -0.3 is 4.90 Å². The molecule has 0 spiro atoms. The van der Waals surface area contributed by atoms with Crippen molar-refractivity contribution in [3.63, 3.8) is 0 Å². The SMILES string of the molecule is CCC1(C)CCC(=O)N1C. The Labute approximate surface area is 62.2 Å². The van der Waals surface area contributed by atoms with E-state index in [4.69, 9.17) is 0 Å². The van der Waals surface area contributed by atoms with Gasteiger partial charge in [0.15, 0.2) is 0 Å². The maximum absolute atomic E-state index is 11.1. The number of hydrogen-bond acceptors (Lipinski definition) is 1. The second-order valence-electron chi connectivity index (χ2n) is 3.30. The van der Waals surface area contributed by atoms with Crippen molar-refractivity contribution in [2.75, 3.05) is 7.05 Å². The number of carbonyl (C=O) groups excluding carboxylic acids is 1. The lowest BCUT2D eigenvalue weighted by Crippen LogP contribution is -2.39. The Kier molecular flexibility index (Phi) is 1.71. The molecule has 1 aliphatic rings. The number of hydrogen-bond donors (Lipinski definition) is 0. The first-order chi connectivity index (χ1) is 4.60. The molecule has 1 amide bonds. The van der Waals surface area contributed by atoms with Gasteiger partial charge in [-0.3, -0.25) is 4.79 Å². The van der Waals surface area contributed by atoms with E-state index in [1.165, 1.54) is 0 Å². The Balaban J connectivity index is 2.73. The van der Waals surface area contributed by atoms with Gasteiger partial charge in [0, 0.05) is 19.0 Å². The number of likely N-dealkylation sites (tertiary alicyclic amines) is 1. The molecule has 0 radical (unpaired) electrons. The van der Waals surface area contributed by atoms with E-state index in [2.05, 4.69) is 13.8 Å². The van der Waals surface area contributed by atoms with Gasteiger partial charge in [0.2, 0.25) is 5.91 Å². The molecule has 1 rings (SSSR count). The minimum absolute atomic E-state index is 0.150. The fourth-order valence-electron chi connectivity index (χ4n) is 1.43. The van der Waals surface area contributed by atoms with Crippen LogP contribution in [0.3, 0.4) is 0 Å². The van der Waals surface area contributed by atoms with Gasteiger partial charge in [-0.1, -0.05) is 6.92 Å². The van der Waals surface area contributed by atoms with Crippen LogP contribution in [0.1, 0.15) is 33.1 Å². The fourth-order valence-corrected chi connectivity index (χ4v) is 1.43. The lowest BCUT2D eigenvalue weighted by Gasteiger charge is -2.30. The van der Waals surface area contributed by atoms with Gasteiger partial charge in [-0.25, -0.2) is 0 Å². The van der Waals surface area contributed by atoms with E-state index in [1.807, 2.05) is 11.9 Å². The zero-order chi connectivity index (χ0) is 7.78. The van der Waals surface area contributed by atoms with Gasteiger partial charge >= 0.3 is 0 Å². The molecule has 1 fully saturated rings. The summed E-state index contributed by atoms with van der Waals surface area (Å²) in [4.78, 5) is 13.0. The lowest BCUT2D eigenvalue weighted by atomic mass is 9.96. The Bertz CT molecular complexity index is 155. The third-order valence-corrected chi connectivity index (χ3v) is 2.82. The Morgan fingerprint density at radius 3 is 2.50 bits per heavy atom. The maximum atomic E-state index is 11.1. The maximum Gasteiger partial charge on any atom is 0.222 e. The van der Waals surface area contributed by atoms with Crippen LogP contribution in [0.25, 0.3) is 0 Å². The molecule has 0 aromatic carbocycles. The van der Waals surface area contributed by atoms with E-state index in [1.54, 1.807) is 0 Å².